The molecule has 3 N–H and O–H groups in total. The third-order valence-corrected chi connectivity index (χ3v) is 8.68. The number of carboxylic acid groups (broad SMARTS) is 1. The number of carbonyl (C=O) groups excluding carboxylic acids is 3. The number of nitrogens with zero attached hydrogens (tertiary/aromatic N) is 3. The first-order valence-electron chi connectivity index (χ1n) is 10.4. The highest BCUT2D eigenvalue weighted by Crippen LogP contribution is 2.52. The van der Waals surface area contributed by atoms with E-state index in [1.165, 1.54) is 28.0 Å². The van der Waals surface area contributed by atoms with Crippen LogP contribution < -0.4 is 10.8 Å². The summed E-state index contributed by atoms with van der Waals surface area (Å²) in [6.45, 7) is 5.14. The van der Waals surface area contributed by atoms with Crippen LogP contribution >= 0.6 is 23.1 Å². The first kappa shape index (κ1) is 23.0. The van der Waals surface area contributed by atoms with Crippen LogP contribution in [0.2, 0.25) is 0 Å². The molecule has 0 aromatic carbocycles. The molecule has 2 amide bonds. The Labute approximate surface area is 194 Å². The third kappa shape index (κ3) is 3.87. The van der Waals surface area contributed by atoms with Crippen molar-refractivity contribution in [2.45, 2.75) is 36.8 Å². The molecule has 9 nitrogen and oxygen atoms in total. The maximum atomic E-state index is 12.5. The molecule has 1 unspecified atom stereocenters. The lowest BCUT2D eigenvalue weighted by molar-refractivity contribution is -0.895. The number of amides is 2. The van der Waals surface area contributed by atoms with Gasteiger partial charge in [-0.1, -0.05) is 24.8 Å². The van der Waals surface area contributed by atoms with Crippen LogP contribution in [0.25, 0.3) is 5.57 Å². The van der Waals surface area contributed by atoms with Gasteiger partial charge < -0.3 is 30.1 Å². The van der Waals surface area contributed by atoms with E-state index in [1.54, 1.807) is 6.92 Å². The summed E-state index contributed by atoms with van der Waals surface area (Å²) in [6, 6.07) is -0.384. The summed E-state index contributed by atoms with van der Waals surface area (Å²) < 4.78 is 1.19. The number of aliphatic hydroxyl groups is 1. The average molecular weight is 479 g/mol. The number of likely N-dealkylation sites (N-methyl/N-ethyl adjacent to an activating group) is 1. The molecule has 1 fully saturated rings. The van der Waals surface area contributed by atoms with Crippen molar-refractivity contribution in [3.63, 3.8) is 0 Å². The van der Waals surface area contributed by atoms with E-state index >= 15 is 0 Å². The number of aliphatic hydroxyl groups excluding tert-OH is 1. The Morgan fingerprint density at radius 2 is 2.22 bits per heavy atom. The monoisotopic (exact) mass is 478 g/mol. The standard InChI is InChI=1S/C21H26N4O5S2/c1-10-16-15(11(2)26)19(28)24(16)17(20(29)30)18(10)32-21-23-13(9-31-21)12-5-4-6-25(3,7-12)8-14(22)27/h5,9-11,15-16,26H,4,6-8H2,1-3H3,(H2-,22,27,29,30)/t10-,11-,15-,16-,25?/m1/s1. The number of carbonyl (C=O) groups is 3. The van der Waals surface area contributed by atoms with Crippen molar-refractivity contribution in [3.8, 4) is 0 Å². The van der Waals surface area contributed by atoms with Crippen LogP contribution in [-0.4, -0.2) is 76.1 Å². The van der Waals surface area contributed by atoms with Gasteiger partial charge in [0, 0.05) is 28.2 Å². The van der Waals surface area contributed by atoms with Crippen molar-refractivity contribution < 1.29 is 29.1 Å². The lowest BCUT2D eigenvalue weighted by atomic mass is 9.79. The molecule has 4 heterocycles. The van der Waals surface area contributed by atoms with Gasteiger partial charge in [-0.2, -0.15) is 0 Å². The zero-order valence-corrected chi connectivity index (χ0v) is 19.7. The molecule has 3 aliphatic rings. The Balaban J connectivity index is 1.56. The molecule has 11 heteroatoms. The number of fused-ring (bicyclic) bond motifs is 1. The van der Waals surface area contributed by atoms with E-state index in [2.05, 4.69) is 6.08 Å². The number of aromatic nitrogens is 1. The highest BCUT2D eigenvalue weighted by molar-refractivity contribution is 8.04. The van der Waals surface area contributed by atoms with E-state index in [9.17, 15) is 24.6 Å². The van der Waals surface area contributed by atoms with E-state index < -0.39 is 18.0 Å². The van der Waals surface area contributed by atoms with Crippen LogP contribution in [-0.2, 0) is 14.4 Å². The summed E-state index contributed by atoms with van der Waals surface area (Å²) in [5.74, 6) is -2.98. The SMILES string of the molecule is C[C@@H](O)[C@H]1C(=O)N2C(C(=O)[O-])=C(Sc3nc(C4=CCC[N+](C)(CC(N)=O)C4)cs3)[C@H](C)[C@H]12. The molecule has 0 aliphatic carbocycles. The molecule has 172 valence electrons. The van der Waals surface area contributed by atoms with Gasteiger partial charge in [0.2, 0.25) is 5.91 Å². The Morgan fingerprint density at radius 1 is 1.50 bits per heavy atom. The number of β-lactam (4-membered cyclic amide) rings is 1. The highest BCUT2D eigenvalue weighted by atomic mass is 32.2. The highest BCUT2D eigenvalue weighted by Gasteiger charge is 2.58. The number of hydrogen-bond donors (Lipinski definition) is 2. The molecule has 0 saturated carbocycles. The molecular formula is C21H26N4O5S2. The number of primary amides is 1. The second-order valence-electron chi connectivity index (χ2n) is 9.00. The van der Waals surface area contributed by atoms with Crippen LogP contribution in [0.15, 0.2) is 26.4 Å². The Bertz CT molecular complexity index is 1050. The van der Waals surface area contributed by atoms with E-state index in [4.69, 9.17) is 10.7 Å². The quantitative estimate of drug-likeness (QED) is 0.408. The van der Waals surface area contributed by atoms with E-state index in [1.807, 2.05) is 19.4 Å². The minimum absolute atomic E-state index is 0.117. The largest absolute Gasteiger partial charge is 0.543 e. The molecule has 4 rings (SSSR count). The van der Waals surface area contributed by atoms with E-state index in [0.29, 0.717) is 20.3 Å². The van der Waals surface area contributed by atoms with Crippen LogP contribution in [0.5, 0.6) is 0 Å². The molecule has 1 saturated heterocycles. The summed E-state index contributed by atoms with van der Waals surface area (Å²) in [6.07, 6.45) is 2.08. The Kier molecular flexibility index (Phi) is 5.95. The van der Waals surface area contributed by atoms with Crippen molar-refractivity contribution in [1.29, 1.82) is 0 Å². The summed E-state index contributed by atoms with van der Waals surface area (Å²) in [5.41, 5.74) is 7.13. The molecule has 3 aliphatic heterocycles. The van der Waals surface area contributed by atoms with Gasteiger partial charge in [-0.05, 0) is 6.92 Å². The molecule has 1 aromatic rings. The van der Waals surface area contributed by atoms with Crippen LogP contribution in [0.3, 0.4) is 0 Å². The van der Waals surface area contributed by atoms with Crippen LogP contribution in [0.4, 0.5) is 0 Å². The van der Waals surface area contributed by atoms with Crippen molar-refractivity contribution in [3.05, 3.63) is 27.8 Å². The zero-order valence-electron chi connectivity index (χ0n) is 18.1. The number of quaternary nitrogens is 1. The molecular weight excluding hydrogens is 452 g/mol. The van der Waals surface area contributed by atoms with Gasteiger partial charge in [-0.15, -0.1) is 11.3 Å². The second-order valence-corrected chi connectivity index (χ2v) is 11.1. The molecule has 0 bridgehead atoms. The summed E-state index contributed by atoms with van der Waals surface area (Å²) in [7, 11) is 2.00. The van der Waals surface area contributed by atoms with Gasteiger partial charge in [0.1, 0.15) is 6.54 Å². The van der Waals surface area contributed by atoms with Crippen molar-refractivity contribution in [1.82, 2.24) is 9.88 Å². The van der Waals surface area contributed by atoms with Crippen LogP contribution in [0, 0.1) is 11.8 Å². The number of rotatable bonds is 7. The third-order valence-electron chi connectivity index (χ3n) is 6.46. The maximum Gasteiger partial charge on any atom is 0.272 e. The van der Waals surface area contributed by atoms with E-state index in [-0.39, 0.29) is 36.0 Å². The maximum absolute atomic E-state index is 12.5. The topological polar surface area (TPSA) is 137 Å². The number of nitrogens with two attached hydrogens (primary N) is 1. The van der Waals surface area contributed by atoms with Crippen molar-refractivity contribution in [2.24, 2.45) is 17.6 Å². The fraction of sp³-hybridized carbons (Fsp3) is 0.524. The average Bonchev–Trinajstić information content (AvgIpc) is 3.23. The Hall–Kier alpha value is -2.21. The normalized spacial score (nSPS) is 30.6. The number of hydrogen-bond acceptors (Lipinski definition) is 8. The van der Waals surface area contributed by atoms with Gasteiger partial charge in [-0.25, -0.2) is 4.98 Å². The molecule has 1 aromatic heterocycles. The molecule has 0 spiro atoms. The number of thioether (sulfide) groups is 1. The van der Waals surface area contributed by atoms with Gasteiger partial charge in [0.25, 0.3) is 5.91 Å². The number of aliphatic carboxylic acids is 1. The molecule has 5 atom stereocenters. The predicted molar refractivity (Wildman–Crippen MR) is 118 cm³/mol. The summed E-state index contributed by atoms with van der Waals surface area (Å²) in [4.78, 5) is 42.3. The summed E-state index contributed by atoms with van der Waals surface area (Å²) >= 11 is 2.64. The lowest BCUT2D eigenvalue weighted by Crippen LogP contribution is -2.64. The van der Waals surface area contributed by atoms with Gasteiger partial charge in [0.15, 0.2) is 10.9 Å². The smallest absolute Gasteiger partial charge is 0.272 e. The fourth-order valence-electron chi connectivity index (χ4n) is 5.00. The van der Waals surface area contributed by atoms with Crippen LogP contribution in [0.1, 0.15) is 26.0 Å². The molecule has 32 heavy (non-hydrogen) atoms. The Morgan fingerprint density at radius 3 is 2.84 bits per heavy atom. The van der Waals surface area contributed by atoms with Crippen molar-refractivity contribution in [2.75, 3.05) is 26.7 Å². The van der Waals surface area contributed by atoms with Gasteiger partial charge >= 0.3 is 0 Å². The first-order chi connectivity index (χ1) is 15.0. The minimum Gasteiger partial charge on any atom is -0.543 e. The number of carboxylic acids is 1. The second kappa shape index (κ2) is 8.29. The first-order valence-corrected chi connectivity index (χ1v) is 12.1. The number of thiazole rings is 1. The summed E-state index contributed by atoms with van der Waals surface area (Å²) in [5, 5.41) is 23.8. The van der Waals surface area contributed by atoms with Gasteiger partial charge in [-0.3, -0.25) is 9.59 Å². The minimum atomic E-state index is -1.40. The molecule has 0 radical (unpaired) electrons. The van der Waals surface area contributed by atoms with E-state index in [0.717, 1.165) is 24.2 Å². The fourth-order valence-corrected chi connectivity index (χ4v) is 7.10. The predicted octanol–water partition coefficient (Wildman–Crippen LogP) is -0.227. The van der Waals surface area contributed by atoms with Gasteiger partial charge in [0.05, 0.1) is 49.0 Å². The lowest BCUT2D eigenvalue weighted by Gasteiger charge is -2.47. The zero-order chi connectivity index (χ0) is 23.4. The van der Waals surface area contributed by atoms with Crippen molar-refractivity contribution >= 4 is 46.5 Å².